The highest BCUT2D eigenvalue weighted by molar-refractivity contribution is 5.84. The second-order valence-electron chi connectivity index (χ2n) is 6.93. The monoisotopic (exact) mass is 290 g/mol. The van der Waals surface area contributed by atoms with E-state index in [9.17, 15) is 18.0 Å². The summed E-state index contributed by atoms with van der Waals surface area (Å²) in [5, 5.41) is 0. The zero-order valence-electron chi connectivity index (χ0n) is 11.5. The lowest BCUT2D eigenvalue weighted by Gasteiger charge is -2.38. The van der Waals surface area contributed by atoms with E-state index in [1.54, 1.807) is 4.90 Å². The molecular formula is C14H21F3N2O. The average molecular weight is 290 g/mol. The molecule has 20 heavy (non-hydrogen) atoms. The Morgan fingerprint density at radius 3 is 2.05 bits per heavy atom. The first kappa shape index (κ1) is 14.2. The largest absolute Gasteiger partial charge is 0.391 e. The second-order valence-corrected chi connectivity index (χ2v) is 6.93. The van der Waals surface area contributed by atoms with Crippen LogP contribution < -0.4 is 5.73 Å². The number of hydrogen-bond acceptors (Lipinski definition) is 2. The number of carbonyl (C=O) groups excluding carboxylic acids is 1. The second kappa shape index (κ2) is 4.36. The topological polar surface area (TPSA) is 46.3 Å². The number of nitrogens with two attached hydrogens (primary N) is 1. The first-order valence-corrected chi connectivity index (χ1v) is 7.39. The third kappa shape index (κ3) is 2.22. The van der Waals surface area contributed by atoms with E-state index in [4.69, 9.17) is 5.73 Å². The van der Waals surface area contributed by atoms with Gasteiger partial charge in [0, 0.05) is 18.6 Å². The van der Waals surface area contributed by atoms with E-state index in [1.165, 1.54) is 0 Å². The minimum Gasteiger partial charge on any atom is -0.342 e. The summed E-state index contributed by atoms with van der Waals surface area (Å²) in [4.78, 5) is 14.3. The van der Waals surface area contributed by atoms with Crippen molar-refractivity contribution in [2.24, 2.45) is 17.1 Å². The zero-order valence-corrected chi connectivity index (χ0v) is 11.5. The maximum atomic E-state index is 12.7. The molecule has 1 aliphatic heterocycles. The Hall–Kier alpha value is -0.780. The molecule has 0 aromatic carbocycles. The summed E-state index contributed by atoms with van der Waals surface area (Å²) < 4.78 is 37.9. The molecular weight excluding hydrogens is 269 g/mol. The lowest BCUT2D eigenvalue weighted by molar-refractivity contribution is -0.187. The van der Waals surface area contributed by atoms with Gasteiger partial charge in [-0.15, -0.1) is 0 Å². The molecule has 2 aliphatic carbocycles. The van der Waals surface area contributed by atoms with Crippen LogP contribution in [0, 0.1) is 11.3 Å². The van der Waals surface area contributed by atoms with Crippen molar-refractivity contribution < 1.29 is 18.0 Å². The summed E-state index contributed by atoms with van der Waals surface area (Å²) in [5.74, 6) is -1.19. The normalized spacial score (nSPS) is 38.5. The maximum Gasteiger partial charge on any atom is 0.391 e. The fourth-order valence-electron chi connectivity index (χ4n) is 4.29. The number of alkyl halides is 3. The maximum absolute atomic E-state index is 12.7. The minimum atomic E-state index is -4.12. The molecule has 0 atom stereocenters. The summed E-state index contributed by atoms with van der Waals surface area (Å²) in [6.07, 6.45) is 0.0370. The molecule has 1 saturated heterocycles. The van der Waals surface area contributed by atoms with E-state index in [2.05, 4.69) is 0 Å². The number of carbonyl (C=O) groups is 1. The Balaban J connectivity index is 1.63. The van der Waals surface area contributed by atoms with Crippen LogP contribution in [0.5, 0.6) is 0 Å². The van der Waals surface area contributed by atoms with E-state index < -0.39 is 12.1 Å². The highest BCUT2D eigenvalue weighted by Gasteiger charge is 2.57. The minimum absolute atomic E-state index is 0.0408. The molecule has 2 bridgehead atoms. The van der Waals surface area contributed by atoms with Gasteiger partial charge in [-0.25, -0.2) is 0 Å². The molecule has 0 aromatic rings. The van der Waals surface area contributed by atoms with Crippen LogP contribution in [0.25, 0.3) is 0 Å². The van der Waals surface area contributed by atoms with Crippen LogP contribution in [0.15, 0.2) is 0 Å². The molecule has 0 spiro atoms. The molecule has 1 amide bonds. The van der Waals surface area contributed by atoms with Gasteiger partial charge < -0.3 is 10.6 Å². The number of nitrogens with zero attached hydrogens (tertiary/aromatic N) is 1. The molecule has 2 N–H and O–H groups in total. The van der Waals surface area contributed by atoms with Gasteiger partial charge in [-0.1, -0.05) is 0 Å². The van der Waals surface area contributed by atoms with E-state index in [0.717, 1.165) is 32.1 Å². The molecule has 3 fully saturated rings. The number of hydrogen-bond donors (Lipinski definition) is 1. The first-order chi connectivity index (χ1) is 9.24. The summed E-state index contributed by atoms with van der Waals surface area (Å²) in [6.45, 7) is 0.477. The lowest BCUT2D eigenvalue weighted by atomic mass is 9.81. The summed E-state index contributed by atoms with van der Waals surface area (Å²) >= 11 is 0. The van der Waals surface area contributed by atoms with Crippen LogP contribution in [0.2, 0.25) is 0 Å². The van der Waals surface area contributed by atoms with Gasteiger partial charge in [0.15, 0.2) is 0 Å². The molecule has 3 rings (SSSR count). The summed E-state index contributed by atoms with van der Waals surface area (Å²) in [6, 6.07) is 0. The van der Waals surface area contributed by atoms with Crippen molar-refractivity contribution >= 4 is 5.91 Å². The van der Waals surface area contributed by atoms with Gasteiger partial charge in [-0.3, -0.25) is 4.79 Å². The molecule has 0 aromatic heterocycles. The Bertz CT molecular complexity index is 405. The smallest absolute Gasteiger partial charge is 0.342 e. The van der Waals surface area contributed by atoms with Crippen molar-refractivity contribution in [2.45, 2.75) is 56.7 Å². The third-order valence-electron chi connectivity index (χ3n) is 5.59. The molecule has 0 unspecified atom stereocenters. The molecule has 1 heterocycles. The number of fused-ring (bicyclic) bond motifs is 2. The predicted molar refractivity (Wildman–Crippen MR) is 67.8 cm³/mol. The number of likely N-dealkylation sites (tertiary alicyclic amines) is 1. The Labute approximate surface area is 116 Å². The van der Waals surface area contributed by atoms with Crippen LogP contribution >= 0.6 is 0 Å². The predicted octanol–water partition coefficient (Wildman–Crippen LogP) is 2.45. The van der Waals surface area contributed by atoms with Gasteiger partial charge in [0.05, 0.1) is 11.3 Å². The van der Waals surface area contributed by atoms with Crippen LogP contribution in [-0.4, -0.2) is 35.6 Å². The Morgan fingerprint density at radius 1 is 1.10 bits per heavy atom. The Morgan fingerprint density at radius 2 is 1.65 bits per heavy atom. The zero-order chi connectivity index (χ0) is 14.6. The summed E-state index contributed by atoms with van der Waals surface area (Å²) in [5.41, 5.74) is 5.66. The fraction of sp³-hybridized carbons (Fsp3) is 0.929. The molecule has 0 radical (unpaired) electrons. The Kier molecular flexibility index (Phi) is 3.09. The number of amides is 1. The molecule has 2 saturated carbocycles. The highest BCUT2D eigenvalue weighted by Crippen LogP contribution is 2.56. The quantitative estimate of drug-likeness (QED) is 0.806. The summed E-state index contributed by atoms with van der Waals surface area (Å²) in [7, 11) is 0. The van der Waals surface area contributed by atoms with Gasteiger partial charge in [0.1, 0.15) is 0 Å². The molecule has 114 valence electrons. The number of halogens is 3. The van der Waals surface area contributed by atoms with Crippen LogP contribution in [-0.2, 0) is 4.79 Å². The van der Waals surface area contributed by atoms with Gasteiger partial charge in [-0.05, 0) is 44.9 Å². The SMILES string of the molecule is NC12CCC(C(=O)N3CCC(C(F)(F)F)CC3)(CC1)C2. The van der Waals surface area contributed by atoms with Gasteiger partial charge in [-0.2, -0.15) is 13.2 Å². The van der Waals surface area contributed by atoms with E-state index in [1.807, 2.05) is 0 Å². The van der Waals surface area contributed by atoms with E-state index in [-0.39, 0.29) is 42.8 Å². The molecule has 3 aliphatic rings. The van der Waals surface area contributed by atoms with Gasteiger partial charge in [0.2, 0.25) is 5.91 Å². The molecule has 3 nitrogen and oxygen atoms in total. The van der Waals surface area contributed by atoms with Crippen molar-refractivity contribution in [1.29, 1.82) is 0 Å². The first-order valence-electron chi connectivity index (χ1n) is 7.39. The van der Waals surface area contributed by atoms with E-state index in [0.29, 0.717) is 0 Å². The van der Waals surface area contributed by atoms with Crippen molar-refractivity contribution in [2.75, 3.05) is 13.1 Å². The highest BCUT2D eigenvalue weighted by atomic mass is 19.4. The van der Waals surface area contributed by atoms with Crippen molar-refractivity contribution in [3.63, 3.8) is 0 Å². The number of piperidine rings is 1. The standard InChI is InChI=1S/C14H21F3N2O/c15-14(16,17)10-1-7-19(8-2-10)11(20)12-3-5-13(18,9-12)6-4-12/h10H,1-9,18H2. The van der Waals surface area contributed by atoms with Gasteiger partial charge in [0.25, 0.3) is 0 Å². The van der Waals surface area contributed by atoms with Crippen LogP contribution in [0.3, 0.4) is 0 Å². The van der Waals surface area contributed by atoms with Crippen LogP contribution in [0.1, 0.15) is 44.9 Å². The molecule has 6 heteroatoms. The fourth-order valence-corrected chi connectivity index (χ4v) is 4.29. The third-order valence-corrected chi connectivity index (χ3v) is 5.59. The van der Waals surface area contributed by atoms with Gasteiger partial charge >= 0.3 is 6.18 Å². The van der Waals surface area contributed by atoms with Crippen molar-refractivity contribution in [3.05, 3.63) is 0 Å². The van der Waals surface area contributed by atoms with Crippen LogP contribution in [0.4, 0.5) is 13.2 Å². The van der Waals surface area contributed by atoms with E-state index >= 15 is 0 Å². The average Bonchev–Trinajstić information content (AvgIpc) is 2.92. The van der Waals surface area contributed by atoms with Crippen molar-refractivity contribution in [1.82, 2.24) is 4.90 Å². The number of rotatable bonds is 1. The lowest BCUT2D eigenvalue weighted by Crippen LogP contribution is -2.47. The van der Waals surface area contributed by atoms with Crippen molar-refractivity contribution in [3.8, 4) is 0 Å².